The number of primary amides is 1. The predicted molar refractivity (Wildman–Crippen MR) is 156 cm³/mol. The number of nitrogens with zero attached hydrogens (tertiary/aromatic N) is 1. The van der Waals surface area contributed by atoms with E-state index >= 15 is 0 Å². The van der Waals surface area contributed by atoms with E-state index in [4.69, 9.17) is 19.9 Å². The number of aromatic carboxylic acids is 1. The average Bonchev–Trinajstić information content (AvgIpc) is 3.30. The molecule has 11 nitrogen and oxygen atoms in total. The molecule has 2 aromatic heterocycles. The molecule has 0 aliphatic rings. The Morgan fingerprint density at radius 3 is 2.09 bits per heavy atom. The van der Waals surface area contributed by atoms with Crippen LogP contribution in [0.15, 0.2) is 60.8 Å². The fourth-order valence-corrected chi connectivity index (χ4v) is 4.63. The average molecular weight is 629 g/mol. The minimum absolute atomic E-state index is 0.0308. The summed E-state index contributed by atoms with van der Waals surface area (Å²) in [5.41, 5.74) is 1.28. The summed E-state index contributed by atoms with van der Waals surface area (Å²) in [5.74, 6) is -2.36. The van der Waals surface area contributed by atoms with Gasteiger partial charge in [0.05, 0.1) is 11.7 Å². The van der Waals surface area contributed by atoms with E-state index in [2.05, 4.69) is 15.3 Å². The van der Waals surface area contributed by atoms with Crippen molar-refractivity contribution < 1.29 is 46.9 Å². The fraction of sp³-hybridized carbons (Fsp3) is 0.290. The van der Waals surface area contributed by atoms with Crippen LogP contribution >= 0.6 is 0 Å². The van der Waals surface area contributed by atoms with Gasteiger partial charge in [0.1, 0.15) is 22.8 Å². The molecule has 238 valence electrons. The van der Waals surface area contributed by atoms with Crippen LogP contribution in [-0.4, -0.2) is 44.7 Å². The second kappa shape index (κ2) is 12.0. The van der Waals surface area contributed by atoms with Crippen molar-refractivity contribution in [2.24, 2.45) is 5.73 Å². The number of aromatic amines is 1. The van der Waals surface area contributed by atoms with Gasteiger partial charge in [-0.3, -0.25) is 10.1 Å². The van der Waals surface area contributed by atoms with Gasteiger partial charge in [0.25, 0.3) is 5.91 Å². The van der Waals surface area contributed by atoms with Gasteiger partial charge < -0.3 is 30.0 Å². The first kappa shape index (κ1) is 32.6. The van der Waals surface area contributed by atoms with E-state index in [0.29, 0.717) is 11.9 Å². The number of alkyl halides is 3. The molecule has 14 heteroatoms. The molecule has 1 unspecified atom stereocenters. The maximum absolute atomic E-state index is 13.6. The van der Waals surface area contributed by atoms with Gasteiger partial charge in [-0.1, -0.05) is 12.1 Å². The monoisotopic (exact) mass is 628 g/mol. The summed E-state index contributed by atoms with van der Waals surface area (Å²) in [5, 5.41) is 12.9. The standard InChI is InChI=1S/C31H31F3N4O7/c1-16(2)43-19-9-6-17(7-10-19)30(27(35)41,38-28(42)45-29(3,4)5)24-21-14-20(11-12-22(21)37-25(24)26(39)40)44-23-13-8-18(15-36-23)31(32,33)34/h6-16,37H,1-5H3,(H2,35,41)(H,38,42)(H,39,40). The van der Waals surface area contributed by atoms with Crippen LogP contribution in [0.1, 0.15) is 61.8 Å². The van der Waals surface area contributed by atoms with Crippen LogP contribution in [0.2, 0.25) is 0 Å². The Kier molecular flexibility index (Phi) is 8.72. The Morgan fingerprint density at radius 1 is 0.956 bits per heavy atom. The topological polar surface area (TPSA) is 166 Å². The Balaban J connectivity index is 1.94. The van der Waals surface area contributed by atoms with Crippen molar-refractivity contribution in [2.45, 2.75) is 58.0 Å². The SMILES string of the molecule is CC(C)Oc1ccc(C(NC(=O)OC(C)(C)C)(C(N)=O)c2c(C(=O)O)[nH]c3ccc(Oc4ccc(C(F)(F)F)cn4)cc23)cc1. The second-order valence-electron chi connectivity index (χ2n) is 11.3. The number of rotatable bonds is 9. The number of halogens is 3. The van der Waals surface area contributed by atoms with E-state index in [1.165, 1.54) is 42.5 Å². The van der Waals surface area contributed by atoms with E-state index in [-0.39, 0.29) is 39.8 Å². The molecule has 2 amide bonds. The molecule has 4 rings (SSSR count). The number of pyridine rings is 1. The summed E-state index contributed by atoms with van der Waals surface area (Å²) in [6.45, 7) is 8.44. The number of benzene rings is 2. The summed E-state index contributed by atoms with van der Waals surface area (Å²) in [6.07, 6.45) is -5.25. The van der Waals surface area contributed by atoms with E-state index in [1.807, 2.05) is 13.8 Å². The molecule has 0 bridgehead atoms. The number of alkyl carbamates (subject to hydrolysis) is 1. The summed E-state index contributed by atoms with van der Waals surface area (Å²) in [4.78, 5) is 45.9. The number of carboxylic acid groups (broad SMARTS) is 1. The smallest absolute Gasteiger partial charge is 0.417 e. The molecule has 2 heterocycles. The van der Waals surface area contributed by atoms with Crippen LogP contribution in [0, 0.1) is 0 Å². The third kappa shape index (κ3) is 7.11. The van der Waals surface area contributed by atoms with Crippen LogP contribution in [0.5, 0.6) is 17.4 Å². The van der Waals surface area contributed by atoms with E-state index < -0.39 is 46.5 Å². The van der Waals surface area contributed by atoms with E-state index in [1.54, 1.807) is 20.8 Å². The number of nitrogens with two attached hydrogens (primary N) is 1. The van der Waals surface area contributed by atoms with E-state index in [0.717, 1.165) is 12.1 Å². The lowest BCUT2D eigenvalue weighted by atomic mass is 9.80. The number of aromatic nitrogens is 2. The molecule has 0 saturated carbocycles. The highest BCUT2D eigenvalue weighted by Gasteiger charge is 2.48. The number of amides is 2. The Morgan fingerprint density at radius 2 is 1.58 bits per heavy atom. The minimum atomic E-state index is -4.60. The summed E-state index contributed by atoms with van der Waals surface area (Å²) >= 11 is 0. The van der Waals surface area contributed by atoms with Gasteiger partial charge in [0.15, 0.2) is 5.54 Å². The van der Waals surface area contributed by atoms with Crippen molar-refractivity contribution in [1.82, 2.24) is 15.3 Å². The highest BCUT2D eigenvalue weighted by atomic mass is 19.4. The Labute approximate surface area is 255 Å². The first-order chi connectivity index (χ1) is 20.9. The van der Waals surface area contributed by atoms with Crippen molar-refractivity contribution in [1.29, 1.82) is 0 Å². The zero-order valence-electron chi connectivity index (χ0n) is 24.9. The Bertz CT molecular complexity index is 1730. The van der Waals surface area contributed by atoms with Crippen LogP contribution < -0.4 is 20.5 Å². The van der Waals surface area contributed by atoms with Gasteiger partial charge in [-0.15, -0.1) is 0 Å². The van der Waals surface area contributed by atoms with Crippen molar-refractivity contribution in [3.63, 3.8) is 0 Å². The Hall–Kier alpha value is -5.27. The molecule has 0 saturated heterocycles. The van der Waals surface area contributed by atoms with Gasteiger partial charge in [-0.25, -0.2) is 14.6 Å². The second-order valence-corrected chi connectivity index (χ2v) is 11.3. The van der Waals surface area contributed by atoms with Crippen LogP contribution in [-0.2, 0) is 21.2 Å². The molecule has 0 radical (unpaired) electrons. The highest BCUT2D eigenvalue weighted by molar-refractivity contribution is 6.06. The van der Waals surface area contributed by atoms with Gasteiger partial charge in [0.2, 0.25) is 5.88 Å². The summed E-state index contributed by atoms with van der Waals surface area (Å²) < 4.78 is 55.8. The molecule has 0 aliphatic carbocycles. The van der Waals surface area contributed by atoms with Crippen LogP contribution in [0.4, 0.5) is 18.0 Å². The summed E-state index contributed by atoms with van der Waals surface area (Å²) in [6, 6.07) is 12.0. The lowest BCUT2D eigenvalue weighted by Gasteiger charge is -2.34. The minimum Gasteiger partial charge on any atom is -0.491 e. The molecule has 45 heavy (non-hydrogen) atoms. The van der Waals surface area contributed by atoms with Gasteiger partial charge >= 0.3 is 18.2 Å². The molecule has 0 aliphatic heterocycles. The largest absolute Gasteiger partial charge is 0.491 e. The van der Waals surface area contributed by atoms with Crippen molar-refractivity contribution in [3.05, 3.63) is 83.2 Å². The first-order valence-corrected chi connectivity index (χ1v) is 13.6. The molecule has 0 spiro atoms. The van der Waals surface area contributed by atoms with E-state index in [9.17, 15) is 32.7 Å². The number of H-pyrrole nitrogens is 1. The maximum atomic E-state index is 13.6. The number of fused-ring (bicyclic) bond motifs is 1. The lowest BCUT2D eigenvalue weighted by Crippen LogP contribution is -2.57. The van der Waals surface area contributed by atoms with Crippen molar-refractivity contribution in [2.75, 3.05) is 0 Å². The normalized spacial score (nSPS) is 13.3. The lowest BCUT2D eigenvalue weighted by molar-refractivity contribution is -0.137. The van der Waals surface area contributed by atoms with Gasteiger partial charge in [-0.05, 0) is 76.6 Å². The molecule has 2 aromatic carbocycles. The number of nitrogens with one attached hydrogen (secondary N) is 2. The number of hydrogen-bond donors (Lipinski definition) is 4. The molecular weight excluding hydrogens is 597 g/mol. The highest BCUT2D eigenvalue weighted by Crippen LogP contribution is 2.40. The molecular formula is C31H31F3N4O7. The molecule has 5 N–H and O–H groups in total. The molecule has 0 fully saturated rings. The zero-order chi connectivity index (χ0) is 33.3. The third-order valence-electron chi connectivity index (χ3n) is 6.36. The maximum Gasteiger partial charge on any atom is 0.417 e. The first-order valence-electron chi connectivity index (χ1n) is 13.6. The number of carbonyl (C=O) groups is 3. The van der Waals surface area contributed by atoms with Gasteiger partial charge in [0, 0.05) is 28.7 Å². The number of carboxylic acids is 1. The third-order valence-corrected chi connectivity index (χ3v) is 6.36. The van der Waals surface area contributed by atoms with Crippen LogP contribution in [0.25, 0.3) is 10.9 Å². The fourth-order valence-electron chi connectivity index (χ4n) is 4.63. The number of carbonyl (C=O) groups excluding carboxylic acids is 2. The van der Waals surface area contributed by atoms with Crippen molar-refractivity contribution in [3.8, 4) is 17.4 Å². The quantitative estimate of drug-likeness (QED) is 0.172. The number of ether oxygens (including phenoxy) is 3. The predicted octanol–water partition coefficient (Wildman–Crippen LogP) is 6.11. The summed E-state index contributed by atoms with van der Waals surface area (Å²) in [7, 11) is 0. The van der Waals surface area contributed by atoms with Crippen molar-refractivity contribution >= 4 is 28.9 Å². The number of hydrogen-bond acceptors (Lipinski definition) is 7. The molecule has 4 aromatic rings. The molecule has 1 atom stereocenters. The van der Waals surface area contributed by atoms with Crippen LogP contribution in [0.3, 0.4) is 0 Å². The zero-order valence-corrected chi connectivity index (χ0v) is 24.9. The van der Waals surface area contributed by atoms with Gasteiger partial charge in [-0.2, -0.15) is 13.2 Å².